The van der Waals surface area contributed by atoms with E-state index in [2.05, 4.69) is 19.1 Å². The fourth-order valence-electron chi connectivity index (χ4n) is 2.47. The Kier molecular flexibility index (Phi) is 22.7. The average molecular weight is 337 g/mol. The fourth-order valence-corrected chi connectivity index (χ4v) is 2.47. The quantitative estimate of drug-likeness (QED) is 0.282. The van der Waals surface area contributed by atoms with E-state index < -0.39 is 5.97 Å². The molecule has 0 aliphatic heterocycles. The van der Waals surface area contributed by atoms with Gasteiger partial charge in [0, 0.05) is 0 Å². The second kappa shape index (κ2) is 19.9. The Labute approximate surface area is 182 Å². The van der Waals surface area contributed by atoms with Gasteiger partial charge in [0.15, 0.2) is 0 Å². The first-order valence-electron chi connectivity index (χ1n) is 9.06. The van der Waals surface area contributed by atoms with Crippen LogP contribution in [0.3, 0.4) is 0 Å². The Morgan fingerprint density at radius 2 is 1.36 bits per heavy atom. The van der Waals surface area contributed by atoms with Crippen LogP contribution in [-0.2, 0) is 4.79 Å². The van der Waals surface area contributed by atoms with Gasteiger partial charge in [-0.15, -0.1) is 0 Å². The van der Waals surface area contributed by atoms with E-state index in [0.717, 1.165) is 12.8 Å². The van der Waals surface area contributed by atoms with Crippen molar-refractivity contribution in [3.63, 3.8) is 0 Å². The summed E-state index contributed by atoms with van der Waals surface area (Å²) >= 11 is 0. The van der Waals surface area contributed by atoms with Gasteiger partial charge in [0.25, 0.3) is 0 Å². The molecular formula is C19H37KO2. The van der Waals surface area contributed by atoms with Crippen LogP contribution in [-0.4, -0.2) is 11.1 Å². The summed E-state index contributed by atoms with van der Waals surface area (Å²) in [5.41, 5.74) is 0. The minimum absolute atomic E-state index is 0. The number of carboxylic acid groups (broad SMARTS) is 1. The first-order chi connectivity index (χ1) is 10.2. The fraction of sp³-hybridized carbons (Fsp3) is 0.842. The van der Waals surface area contributed by atoms with Crippen LogP contribution in [0.5, 0.6) is 0 Å². The molecule has 0 aromatic carbocycles. The van der Waals surface area contributed by atoms with Crippen LogP contribution in [0.2, 0.25) is 0 Å². The van der Waals surface area contributed by atoms with Crippen molar-refractivity contribution >= 4 is 5.97 Å². The molecule has 0 aliphatic rings. The second-order valence-corrected chi connectivity index (χ2v) is 6.26. The summed E-state index contributed by atoms with van der Waals surface area (Å²) in [4.78, 5) is 10.7. The SMILES string of the molecule is CCCCCCCC/C=C\CCCCCCC(C)C(=O)O.[H-].[K+]. The van der Waals surface area contributed by atoms with Crippen molar-refractivity contribution in [3.05, 3.63) is 12.2 Å². The van der Waals surface area contributed by atoms with Gasteiger partial charge in [-0.3, -0.25) is 4.79 Å². The van der Waals surface area contributed by atoms with E-state index in [0.29, 0.717) is 0 Å². The molecule has 22 heavy (non-hydrogen) atoms. The third-order valence-corrected chi connectivity index (χ3v) is 4.07. The smallest absolute Gasteiger partial charge is 1.00 e. The standard InChI is InChI=1S/C19H36O2.K.H/c1-3-4-5-6-7-8-9-10-11-12-13-14-15-16-17-18(2)19(20)21;;/h10-11,18H,3-9,12-17H2,1-2H3,(H,20,21);;/q;+1;-1/b11-10-;;. The third-order valence-electron chi connectivity index (χ3n) is 4.07. The van der Waals surface area contributed by atoms with E-state index in [1.54, 1.807) is 6.92 Å². The van der Waals surface area contributed by atoms with Crippen molar-refractivity contribution < 1.29 is 62.7 Å². The molecule has 0 aliphatic carbocycles. The van der Waals surface area contributed by atoms with E-state index in [1.807, 2.05) is 0 Å². The van der Waals surface area contributed by atoms with Crippen molar-refractivity contribution in [1.29, 1.82) is 0 Å². The van der Waals surface area contributed by atoms with Crippen molar-refractivity contribution in [1.82, 2.24) is 0 Å². The Bertz CT molecular complexity index is 270. The van der Waals surface area contributed by atoms with Crippen molar-refractivity contribution in [3.8, 4) is 0 Å². The van der Waals surface area contributed by atoms with Crippen molar-refractivity contribution in [2.75, 3.05) is 0 Å². The molecule has 0 aromatic heterocycles. The molecule has 1 N–H and O–H groups in total. The van der Waals surface area contributed by atoms with Crippen LogP contribution in [0.15, 0.2) is 12.2 Å². The van der Waals surface area contributed by atoms with Gasteiger partial charge in [0.2, 0.25) is 0 Å². The number of allylic oxidation sites excluding steroid dienone is 2. The summed E-state index contributed by atoms with van der Waals surface area (Å²) in [5, 5.41) is 8.78. The molecule has 0 spiro atoms. The Morgan fingerprint density at radius 3 is 1.86 bits per heavy atom. The molecule has 126 valence electrons. The van der Waals surface area contributed by atoms with E-state index in [-0.39, 0.29) is 58.7 Å². The minimum atomic E-state index is -0.660. The molecule has 0 saturated heterocycles. The molecule has 0 amide bonds. The zero-order valence-electron chi connectivity index (χ0n) is 16.3. The minimum Gasteiger partial charge on any atom is -1.00 e. The van der Waals surface area contributed by atoms with Gasteiger partial charge in [0.1, 0.15) is 0 Å². The molecule has 0 saturated carbocycles. The number of carbonyl (C=O) groups is 1. The Morgan fingerprint density at radius 1 is 0.909 bits per heavy atom. The second-order valence-electron chi connectivity index (χ2n) is 6.26. The van der Waals surface area contributed by atoms with Crippen LogP contribution in [0.4, 0.5) is 0 Å². The zero-order chi connectivity index (χ0) is 15.8. The molecule has 2 nitrogen and oxygen atoms in total. The number of carboxylic acids is 1. The van der Waals surface area contributed by atoms with Crippen molar-refractivity contribution in [2.24, 2.45) is 5.92 Å². The summed E-state index contributed by atoms with van der Waals surface area (Å²) in [5.74, 6) is -0.838. The largest absolute Gasteiger partial charge is 1.00 e. The normalized spacial score (nSPS) is 12.3. The molecule has 0 heterocycles. The van der Waals surface area contributed by atoms with Gasteiger partial charge in [-0.05, 0) is 32.1 Å². The molecule has 0 rings (SSSR count). The summed E-state index contributed by atoms with van der Waals surface area (Å²) in [6, 6.07) is 0. The molecule has 3 heteroatoms. The third kappa shape index (κ3) is 18.9. The average Bonchev–Trinajstić information content (AvgIpc) is 2.47. The van der Waals surface area contributed by atoms with Crippen LogP contribution >= 0.6 is 0 Å². The van der Waals surface area contributed by atoms with Crippen LogP contribution in [0, 0.1) is 5.92 Å². The van der Waals surface area contributed by atoms with Gasteiger partial charge in [-0.25, -0.2) is 0 Å². The maximum absolute atomic E-state index is 10.7. The number of rotatable bonds is 15. The van der Waals surface area contributed by atoms with Gasteiger partial charge >= 0.3 is 57.4 Å². The molecule has 1 unspecified atom stereocenters. The predicted molar refractivity (Wildman–Crippen MR) is 92.7 cm³/mol. The monoisotopic (exact) mass is 336 g/mol. The van der Waals surface area contributed by atoms with Gasteiger partial charge in [-0.2, -0.15) is 0 Å². The summed E-state index contributed by atoms with van der Waals surface area (Å²) < 4.78 is 0. The van der Waals surface area contributed by atoms with Gasteiger partial charge in [-0.1, -0.05) is 77.4 Å². The predicted octanol–water partition coefficient (Wildman–Crippen LogP) is 3.47. The number of hydrogen-bond acceptors (Lipinski definition) is 1. The molecule has 0 bridgehead atoms. The van der Waals surface area contributed by atoms with Crippen LogP contribution < -0.4 is 51.4 Å². The summed E-state index contributed by atoms with van der Waals surface area (Å²) in [7, 11) is 0. The molecule has 1 atom stereocenters. The molecule has 0 fully saturated rings. The maximum atomic E-state index is 10.7. The number of unbranched alkanes of at least 4 members (excludes halogenated alkanes) is 10. The van der Waals surface area contributed by atoms with E-state index >= 15 is 0 Å². The zero-order valence-corrected chi connectivity index (χ0v) is 18.4. The Hall–Kier alpha value is 0.846. The topological polar surface area (TPSA) is 37.3 Å². The number of aliphatic carboxylic acids is 1. The molecular weight excluding hydrogens is 299 g/mol. The van der Waals surface area contributed by atoms with Gasteiger partial charge in [0.05, 0.1) is 5.92 Å². The summed E-state index contributed by atoms with van der Waals surface area (Å²) in [6.45, 7) is 4.06. The van der Waals surface area contributed by atoms with Crippen molar-refractivity contribution in [2.45, 2.75) is 97.3 Å². The van der Waals surface area contributed by atoms with Gasteiger partial charge < -0.3 is 6.53 Å². The first-order valence-corrected chi connectivity index (χ1v) is 9.06. The maximum Gasteiger partial charge on any atom is 1.00 e. The summed E-state index contributed by atoms with van der Waals surface area (Å²) in [6.07, 6.45) is 20.8. The van der Waals surface area contributed by atoms with Crippen LogP contribution in [0.25, 0.3) is 0 Å². The van der Waals surface area contributed by atoms with E-state index in [1.165, 1.54) is 70.6 Å². The van der Waals surface area contributed by atoms with Crippen LogP contribution in [0.1, 0.15) is 98.7 Å². The molecule has 0 radical (unpaired) electrons. The Balaban J connectivity index is -0.00000200. The van der Waals surface area contributed by atoms with E-state index in [4.69, 9.17) is 5.11 Å². The first kappa shape index (κ1) is 25.1. The molecule has 0 aromatic rings. The number of hydrogen-bond donors (Lipinski definition) is 1. The van der Waals surface area contributed by atoms with E-state index in [9.17, 15) is 4.79 Å².